The number of para-hydroxylation sites is 1. The van der Waals surface area contributed by atoms with Crippen molar-refractivity contribution in [2.75, 3.05) is 31.1 Å². The molecule has 2 aromatic carbocycles. The molecule has 1 aliphatic heterocycles. The van der Waals surface area contributed by atoms with Gasteiger partial charge in [0.2, 0.25) is 10.0 Å². The predicted octanol–water partition coefficient (Wildman–Crippen LogP) is 3.59. The summed E-state index contributed by atoms with van der Waals surface area (Å²) in [6, 6.07) is 17.0. The highest BCUT2D eigenvalue weighted by atomic mass is 32.2. The lowest BCUT2D eigenvalue weighted by Crippen LogP contribution is -2.49. The van der Waals surface area contributed by atoms with Crippen molar-refractivity contribution in [1.82, 2.24) is 24.1 Å². The molecule has 2 aromatic heterocycles. The van der Waals surface area contributed by atoms with E-state index in [4.69, 9.17) is 9.97 Å². The Balaban J connectivity index is 1.45. The van der Waals surface area contributed by atoms with Gasteiger partial charge in [0.15, 0.2) is 5.65 Å². The van der Waals surface area contributed by atoms with Crippen LogP contribution in [0, 0.1) is 6.92 Å². The molecule has 1 fully saturated rings. The number of sulfonamides is 1. The number of piperazine rings is 1. The van der Waals surface area contributed by atoms with Crippen LogP contribution in [0.25, 0.3) is 16.7 Å². The maximum absolute atomic E-state index is 13.1. The van der Waals surface area contributed by atoms with E-state index in [1.54, 1.807) is 16.4 Å². The van der Waals surface area contributed by atoms with Crippen molar-refractivity contribution in [2.45, 2.75) is 31.6 Å². The van der Waals surface area contributed by atoms with Gasteiger partial charge in [-0.1, -0.05) is 42.8 Å². The third-order valence-corrected chi connectivity index (χ3v) is 8.04. The maximum Gasteiger partial charge on any atom is 0.243 e. The molecule has 0 aliphatic carbocycles. The number of fused-ring (bicyclic) bond motifs is 1. The lowest BCUT2D eigenvalue weighted by atomic mass is 10.2. The minimum Gasteiger partial charge on any atom is -0.353 e. The number of rotatable bonds is 6. The van der Waals surface area contributed by atoms with Gasteiger partial charge in [-0.15, -0.1) is 0 Å². The first-order valence-electron chi connectivity index (χ1n) is 11.6. The van der Waals surface area contributed by atoms with E-state index >= 15 is 0 Å². The normalized spacial score (nSPS) is 15.2. The molecule has 3 heterocycles. The summed E-state index contributed by atoms with van der Waals surface area (Å²) < 4.78 is 29.7. The van der Waals surface area contributed by atoms with Crippen LogP contribution in [0.3, 0.4) is 0 Å². The Morgan fingerprint density at radius 3 is 2.29 bits per heavy atom. The zero-order valence-corrected chi connectivity index (χ0v) is 20.2. The maximum atomic E-state index is 13.1. The summed E-state index contributed by atoms with van der Waals surface area (Å²) in [6.07, 6.45) is 3.51. The van der Waals surface area contributed by atoms with Crippen molar-refractivity contribution in [1.29, 1.82) is 0 Å². The van der Waals surface area contributed by atoms with Gasteiger partial charge in [-0.05, 0) is 37.6 Å². The minimum atomic E-state index is -3.52. The third kappa shape index (κ3) is 4.17. The van der Waals surface area contributed by atoms with Crippen molar-refractivity contribution in [3.63, 3.8) is 0 Å². The summed E-state index contributed by atoms with van der Waals surface area (Å²) in [5.74, 6) is 1.60. The number of anilines is 1. The Labute approximate surface area is 199 Å². The SMILES string of the molecule is CCCc1nc(N2CCN(S(=O)(=O)c3ccc(C)cc3)CC2)c2cnn(-c3ccccc3)c2n1. The molecule has 1 saturated heterocycles. The zero-order chi connectivity index (χ0) is 23.7. The second-order valence-corrected chi connectivity index (χ2v) is 10.5. The average molecular weight is 477 g/mol. The highest BCUT2D eigenvalue weighted by Gasteiger charge is 2.30. The Bertz CT molecular complexity index is 1390. The number of aromatic nitrogens is 4. The Morgan fingerprint density at radius 2 is 1.62 bits per heavy atom. The molecule has 0 bridgehead atoms. The molecule has 0 atom stereocenters. The fraction of sp³-hybridized carbons (Fsp3) is 0.320. The molecule has 0 N–H and O–H groups in total. The highest BCUT2D eigenvalue weighted by molar-refractivity contribution is 7.89. The monoisotopic (exact) mass is 476 g/mol. The van der Waals surface area contributed by atoms with E-state index in [1.807, 2.05) is 60.3 Å². The molecule has 0 unspecified atom stereocenters. The molecule has 0 saturated carbocycles. The predicted molar refractivity (Wildman–Crippen MR) is 133 cm³/mol. The summed E-state index contributed by atoms with van der Waals surface area (Å²) >= 11 is 0. The van der Waals surface area contributed by atoms with Crippen LogP contribution >= 0.6 is 0 Å². The molecule has 0 amide bonds. The number of benzene rings is 2. The lowest BCUT2D eigenvalue weighted by Gasteiger charge is -2.35. The van der Waals surface area contributed by atoms with Gasteiger partial charge in [0, 0.05) is 32.6 Å². The second kappa shape index (κ2) is 9.15. The van der Waals surface area contributed by atoms with Crippen molar-refractivity contribution in [2.24, 2.45) is 0 Å². The van der Waals surface area contributed by atoms with E-state index in [-0.39, 0.29) is 0 Å². The smallest absolute Gasteiger partial charge is 0.243 e. The van der Waals surface area contributed by atoms with E-state index in [9.17, 15) is 8.42 Å². The molecule has 5 rings (SSSR count). The molecular weight excluding hydrogens is 448 g/mol. The minimum absolute atomic E-state index is 0.338. The van der Waals surface area contributed by atoms with Gasteiger partial charge >= 0.3 is 0 Å². The van der Waals surface area contributed by atoms with E-state index in [2.05, 4.69) is 16.9 Å². The summed E-state index contributed by atoms with van der Waals surface area (Å²) in [5.41, 5.74) is 2.75. The molecular formula is C25H28N6O2S. The van der Waals surface area contributed by atoms with Crippen LogP contribution in [0.1, 0.15) is 24.7 Å². The number of hydrogen-bond acceptors (Lipinski definition) is 6. The van der Waals surface area contributed by atoms with Gasteiger partial charge in [-0.3, -0.25) is 0 Å². The van der Waals surface area contributed by atoms with Gasteiger partial charge in [0.25, 0.3) is 0 Å². The second-order valence-electron chi connectivity index (χ2n) is 8.55. The molecule has 4 aromatic rings. The van der Waals surface area contributed by atoms with Crippen LogP contribution in [-0.2, 0) is 16.4 Å². The number of nitrogens with zero attached hydrogens (tertiary/aromatic N) is 6. The van der Waals surface area contributed by atoms with Crippen LogP contribution < -0.4 is 4.90 Å². The fourth-order valence-electron chi connectivity index (χ4n) is 4.27. The van der Waals surface area contributed by atoms with Crippen molar-refractivity contribution in [3.05, 3.63) is 72.2 Å². The van der Waals surface area contributed by atoms with Crippen LogP contribution in [0.2, 0.25) is 0 Å². The molecule has 176 valence electrons. The summed E-state index contributed by atoms with van der Waals surface area (Å²) in [7, 11) is -3.52. The van der Waals surface area contributed by atoms with Gasteiger partial charge in [0.05, 0.1) is 22.2 Å². The fourth-order valence-corrected chi connectivity index (χ4v) is 5.69. The van der Waals surface area contributed by atoms with Gasteiger partial charge in [-0.2, -0.15) is 9.40 Å². The lowest BCUT2D eigenvalue weighted by molar-refractivity contribution is 0.384. The Morgan fingerprint density at radius 1 is 0.912 bits per heavy atom. The Hall–Kier alpha value is -3.30. The van der Waals surface area contributed by atoms with E-state index in [1.165, 1.54) is 0 Å². The van der Waals surface area contributed by atoms with Crippen LogP contribution in [0.4, 0.5) is 5.82 Å². The largest absolute Gasteiger partial charge is 0.353 e. The van der Waals surface area contributed by atoms with Crippen LogP contribution in [0.5, 0.6) is 0 Å². The van der Waals surface area contributed by atoms with Crippen LogP contribution in [-0.4, -0.2) is 58.7 Å². The standard InChI is InChI=1S/C25H28N6O2S/c1-3-7-23-27-24(22-18-26-31(25(22)28-23)20-8-5-4-6-9-20)29-14-16-30(17-15-29)34(32,33)21-12-10-19(2)11-13-21/h4-6,8-13,18H,3,7,14-17H2,1-2H3. The number of aryl methyl sites for hydroxylation is 2. The summed E-state index contributed by atoms with van der Waals surface area (Å²) in [5, 5.41) is 5.48. The Kier molecular flexibility index (Phi) is 6.05. The summed E-state index contributed by atoms with van der Waals surface area (Å²) in [6.45, 7) is 5.97. The molecule has 0 radical (unpaired) electrons. The van der Waals surface area contributed by atoms with Gasteiger partial charge < -0.3 is 4.90 Å². The molecule has 34 heavy (non-hydrogen) atoms. The van der Waals surface area contributed by atoms with Crippen molar-refractivity contribution in [3.8, 4) is 5.69 Å². The average Bonchev–Trinajstić information content (AvgIpc) is 3.29. The molecule has 9 heteroatoms. The molecule has 1 aliphatic rings. The van der Waals surface area contributed by atoms with Crippen molar-refractivity contribution >= 4 is 26.9 Å². The van der Waals surface area contributed by atoms with Gasteiger partial charge in [0.1, 0.15) is 11.6 Å². The quantitative estimate of drug-likeness (QED) is 0.423. The topological polar surface area (TPSA) is 84.2 Å². The van der Waals surface area contributed by atoms with Gasteiger partial charge in [-0.25, -0.2) is 23.1 Å². The summed E-state index contributed by atoms with van der Waals surface area (Å²) in [4.78, 5) is 12.2. The third-order valence-electron chi connectivity index (χ3n) is 6.13. The van der Waals surface area contributed by atoms with E-state index in [0.29, 0.717) is 31.1 Å². The number of hydrogen-bond donors (Lipinski definition) is 0. The van der Waals surface area contributed by atoms with E-state index in [0.717, 1.165) is 46.8 Å². The van der Waals surface area contributed by atoms with E-state index < -0.39 is 10.0 Å². The first kappa shape index (κ1) is 22.5. The van der Waals surface area contributed by atoms with Crippen LogP contribution in [0.15, 0.2) is 65.7 Å². The molecule has 8 nitrogen and oxygen atoms in total. The zero-order valence-electron chi connectivity index (χ0n) is 19.4. The first-order chi connectivity index (χ1) is 16.5. The first-order valence-corrected chi connectivity index (χ1v) is 13.0. The highest BCUT2D eigenvalue weighted by Crippen LogP contribution is 2.28. The molecule has 0 spiro atoms. The van der Waals surface area contributed by atoms with Crippen molar-refractivity contribution < 1.29 is 8.42 Å².